The van der Waals surface area contributed by atoms with Gasteiger partial charge in [-0.05, 0) is 20.3 Å². The number of aromatic nitrogens is 5. The van der Waals surface area contributed by atoms with Gasteiger partial charge in [-0.1, -0.05) is 13.8 Å². The minimum Gasteiger partial charge on any atom is -0.335 e. The van der Waals surface area contributed by atoms with Crippen LogP contribution in [0.4, 0.5) is 0 Å². The summed E-state index contributed by atoms with van der Waals surface area (Å²) in [6, 6.07) is -0.394. The molecule has 144 valence electrons. The van der Waals surface area contributed by atoms with E-state index in [-0.39, 0.29) is 17.7 Å². The minimum absolute atomic E-state index is 0.0341. The molecular weight excluding hydrogens is 346 g/mol. The molecule has 1 fully saturated rings. The van der Waals surface area contributed by atoms with Gasteiger partial charge in [-0.25, -0.2) is 9.97 Å². The van der Waals surface area contributed by atoms with Gasteiger partial charge >= 0.3 is 0 Å². The predicted octanol–water partition coefficient (Wildman–Crippen LogP) is 1.28. The van der Waals surface area contributed by atoms with Gasteiger partial charge in [-0.3, -0.25) is 19.7 Å². The summed E-state index contributed by atoms with van der Waals surface area (Å²) in [7, 11) is 0. The van der Waals surface area contributed by atoms with Crippen molar-refractivity contribution in [3.05, 3.63) is 35.4 Å². The quantitative estimate of drug-likeness (QED) is 0.871. The summed E-state index contributed by atoms with van der Waals surface area (Å²) in [5, 5.41) is 7.09. The number of nitrogens with one attached hydrogen (secondary N) is 1. The van der Waals surface area contributed by atoms with Gasteiger partial charge in [-0.2, -0.15) is 5.10 Å². The summed E-state index contributed by atoms with van der Waals surface area (Å²) in [5.41, 5.74) is 1.05. The van der Waals surface area contributed by atoms with Crippen LogP contribution in [0.3, 0.4) is 0 Å². The highest BCUT2D eigenvalue weighted by Gasteiger charge is 2.35. The molecule has 27 heavy (non-hydrogen) atoms. The molecule has 1 N–H and O–H groups in total. The van der Waals surface area contributed by atoms with Gasteiger partial charge in [0.2, 0.25) is 5.91 Å². The third kappa shape index (κ3) is 4.12. The van der Waals surface area contributed by atoms with Gasteiger partial charge in [0.25, 0.3) is 5.91 Å². The second kappa shape index (κ2) is 7.81. The Kier molecular flexibility index (Phi) is 5.48. The molecule has 9 heteroatoms. The fraction of sp³-hybridized carbons (Fsp3) is 0.556. The molecular formula is C18H25N7O2. The molecule has 2 aromatic heterocycles. The van der Waals surface area contributed by atoms with Gasteiger partial charge in [0.05, 0.1) is 11.9 Å². The first-order valence-corrected chi connectivity index (χ1v) is 9.14. The van der Waals surface area contributed by atoms with E-state index in [2.05, 4.69) is 25.1 Å². The van der Waals surface area contributed by atoms with Crippen LogP contribution < -0.4 is 0 Å². The van der Waals surface area contributed by atoms with Crippen LogP contribution >= 0.6 is 0 Å². The number of carbonyl (C=O) groups is 2. The normalized spacial score (nSPS) is 17.9. The van der Waals surface area contributed by atoms with Crippen molar-refractivity contribution < 1.29 is 9.59 Å². The first kappa shape index (κ1) is 18.9. The summed E-state index contributed by atoms with van der Waals surface area (Å²) in [6.07, 6.45) is 3.75. The van der Waals surface area contributed by atoms with E-state index >= 15 is 0 Å². The van der Waals surface area contributed by atoms with Crippen LogP contribution in [0.25, 0.3) is 0 Å². The zero-order valence-corrected chi connectivity index (χ0v) is 16.1. The van der Waals surface area contributed by atoms with Gasteiger partial charge in [0, 0.05) is 31.7 Å². The van der Waals surface area contributed by atoms with Crippen molar-refractivity contribution in [3.8, 4) is 0 Å². The average Bonchev–Trinajstić information content (AvgIpc) is 2.95. The number of aryl methyl sites for hydroxylation is 2. The number of hydrogen-bond acceptors (Lipinski definition) is 6. The fourth-order valence-corrected chi connectivity index (χ4v) is 3.16. The lowest BCUT2D eigenvalue weighted by atomic mass is 10.1. The molecule has 2 amide bonds. The number of carbonyl (C=O) groups excluding carboxylic acids is 2. The van der Waals surface area contributed by atoms with Gasteiger partial charge in [-0.15, -0.1) is 0 Å². The maximum atomic E-state index is 12.9. The largest absolute Gasteiger partial charge is 0.335 e. The van der Waals surface area contributed by atoms with Crippen LogP contribution in [0.1, 0.15) is 54.1 Å². The lowest BCUT2D eigenvalue weighted by Crippen LogP contribution is -2.42. The molecule has 1 aliphatic rings. The highest BCUT2D eigenvalue weighted by atomic mass is 16.2. The average molecular weight is 371 g/mol. The molecule has 0 aromatic carbocycles. The zero-order valence-electron chi connectivity index (χ0n) is 16.1. The number of rotatable bonds is 3. The Morgan fingerprint density at radius 2 is 1.96 bits per heavy atom. The van der Waals surface area contributed by atoms with Crippen LogP contribution in [0, 0.1) is 19.8 Å². The summed E-state index contributed by atoms with van der Waals surface area (Å²) in [5.74, 6) is 0.896. The van der Waals surface area contributed by atoms with Crippen molar-refractivity contribution in [1.29, 1.82) is 0 Å². The molecule has 0 radical (unpaired) electrons. The molecule has 1 saturated heterocycles. The zero-order chi connectivity index (χ0) is 19.6. The van der Waals surface area contributed by atoms with Gasteiger partial charge in [0.1, 0.15) is 17.6 Å². The lowest BCUT2D eigenvalue weighted by molar-refractivity contribution is -0.137. The van der Waals surface area contributed by atoms with E-state index in [1.165, 1.54) is 6.20 Å². The molecule has 2 aromatic rings. The van der Waals surface area contributed by atoms with Crippen molar-refractivity contribution >= 4 is 11.8 Å². The van der Waals surface area contributed by atoms with E-state index in [0.29, 0.717) is 43.4 Å². The molecule has 0 spiro atoms. The van der Waals surface area contributed by atoms with Gasteiger partial charge in [0.15, 0.2) is 5.82 Å². The van der Waals surface area contributed by atoms with E-state index in [0.717, 1.165) is 5.69 Å². The molecule has 0 aliphatic carbocycles. The molecule has 0 saturated carbocycles. The second-order valence-electron chi connectivity index (χ2n) is 7.13. The summed E-state index contributed by atoms with van der Waals surface area (Å²) >= 11 is 0. The van der Waals surface area contributed by atoms with Crippen molar-refractivity contribution in [2.75, 3.05) is 19.6 Å². The van der Waals surface area contributed by atoms with E-state index in [1.807, 2.05) is 27.7 Å². The third-order valence-electron chi connectivity index (χ3n) is 4.57. The van der Waals surface area contributed by atoms with E-state index < -0.39 is 6.04 Å². The van der Waals surface area contributed by atoms with Crippen molar-refractivity contribution in [1.82, 2.24) is 34.9 Å². The highest BCUT2D eigenvalue weighted by molar-refractivity contribution is 5.92. The fourth-order valence-electron chi connectivity index (χ4n) is 3.16. The maximum absolute atomic E-state index is 12.9. The highest BCUT2D eigenvalue weighted by Crippen LogP contribution is 2.25. The van der Waals surface area contributed by atoms with Crippen molar-refractivity contribution in [2.45, 2.75) is 40.2 Å². The Hall–Kier alpha value is -2.84. The van der Waals surface area contributed by atoms with E-state index in [9.17, 15) is 9.59 Å². The summed E-state index contributed by atoms with van der Waals surface area (Å²) < 4.78 is 0. The Bertz CT molecular complexity index is 815. The van der Waals surface area contributed by atoms with E-state index in [1.54, 1.807) is 16.0 Å². The van der Waals surface area contributed by atoms with Gasteiger partial charge < -0.3 is 9.80 Å². The second-order valence-corrected chi connectivity index (χ2v) is 7.13. The lowest BCUT2D eigenvalue weighted by Gasteiger charge is -2.31. The van der Waals surface area contributed by atoms with Crippen molar-refractivity contribution in [2.24, 2.45) is 5.92 Å². The topological polar surface area (TPSA) is 108 Å². The smallest absolute Gasteiger partial charge is 0.274 e. The van der Waals surface area contributed by atoms with Crippen molar-refractivity contribution in [3.63, 3.8) is 0 Å². The van der Waals surface area contributed by atoms with Crippen LogP contribution in [0.5, 0.6) is 0 Å². The molecule has 1 aliphatic heterocycles. The predicted molar refractivity (Wildman–Crippen MR) is 97.7 cm³/mol. The molecule has 0 bridgehead atoms. The number of nitrogens with zero attached hydrogens (tertiary/aromatic N) is 6. The molecule has 3 rings (SSSR count). The SMILES string of the molecule is Cc1cnc(C(=O)N2CCCN(C(=O)C(C)C)C(c3n[nH]c(C)n3)C2)cn1. The summed E-state index contributed by atoms with van der Waals surface area (Å²) in [6.45, 7) is 8.80. The monoisotopic (exact) mass is 371 g/mol. The van der Waals surface area contributed by atoms with Crippen LogP contribution in [0.15, 0.2) is 12.4 Å². The minimum atomic E-state index is -0.394. The number of hydrogen-bond donors (Lipinski definition) is 1. The molecule has 1 unspecified atom stereocenters. The molecule has 9 nitrogen and oxygen atoms in total. The van der Waals surface area contributed by atoms with Crippen LogP contribution in [-0.2, 0) is 4.79 Å². The number of aromatic amines is 1. The number of amides is 2. The van der Waals surface area contributed by atoms with Crippen LogP contribution in [0.2, 0.25) is 0 Å². The molecule has 1 atom stereocenters. The Labute approximate surface area is 158 Å². The van der Waals surface area contributed by atoms with Crippen LogP contribution in [-0.4, -0.2) is 66.4 Å². The Balaban J connectivity index is 1.89. The van der Waals surface area contributed by atoms with E-state index in [4.69, 9.17) is 0 Å². The maximum Gasteiger partial charge on any atom is 0.274 e. The third-order valence-corrected chi connectivity index (χ3v) is 4.57. The standard InChI is InChI=1S/C18H25N7O2/c1-11(2)17(26)25-7-5-6-24(10-15(25)16-21-13(4)22-23-16)18(27)14-9-19-12(3)8-20-14/h8-9,11,15H,5-7,10H2,1-4H3,(H,21,22,23). The molecule has 3 heterocycles. The number of H-pyrrole nitrogens is 1. The summed E-state index contributed by atoms with van der Waals surface area (Å²) in [4.78, 5) is 42.0. The Morgan fingerprint density at radius 3 is 2.56 bits per heavy atom. The first-order valence-electron chi connectivity index (χ1n) is 9.14. The first-order chi connectivity index (χ1) is 12.9. The Morgan fingerprint density at radius 1 is 1.19 bits per heavy atom.